The van der Waals surface area contributed by atoms with Gasteiger partial charge in [-0.1, -0.05) is 5.57 Å². The number of hydrogen-bond donors (Lipinski definition) is 3. The first-order chi connectivity index (χ1) is 5.57. The summed E-state index contributed by atoms with van der Waals surface area (Å²) in [4.78, 5) is 10.5. The van der Waals surface area contributed by atoms with Crippen molar-refractivity contribution in [3.63, 3.8) is 0 Å². The number of thiol groups is 1. The number of carboxylic acid groups (broad SMARTS) is 1. The van der Waals surface area contributed by atoms with Crippen LogP contribution in [0.3, 0.4) is 0 Å². The summed E-state index contributed by atoms with van der Waals surface area (Å²) >= 11 is 3.91. The minimum atomic E-state index is -0.855. The highest BCUT2D eigenvalue weighted by atomic mass is 32.1. The average molecular weight is 189 g/mol. The van der Waals surface area contributed by atoms with Gasteiger partial charge in [-0.25, -0.2) is 0 Å². The van der Waals surface area contributed by atoms with Crippen molar-refractivity contribution in [2.75, 3.05) is 12.3 Å². The highest BCUT2D eigenvalue weighted by Crippen LogP contribution is 1.94. The van der Waals surface area contributed by atoms with E-state index < -0.39 is 12.0 Å². The Kier molecular flexibility index (Phi) is 5.84. The second-order valence-electron chi connectivity index (χ2n) is 2.73. The van der Waals surface area contributed by atoms with Gasteiger partial charge in [-0.05, 0) is 19.9 Å². The van der Waals surface area contributed by atoms with E-state index in [1.165, 1.54) is 0 Å². The van der Waals surface area contributed by atoms with E-state index in [9.17, 15) is 4.79 Å². The zero-order valence-corrected chi connectivity index (χ0v) is 8.10. The normalized spacial score (nSPS) is 12.5. The van der Waals surface area contributed by atoms with Crippen molar-refractivity contribution in [3.05, 3.63) is 12.2 Å². The molecule has 0 aromatic carbocycles. The average Bonchev–Trinajstić information content (AvgIpc) is 1.96. The van der Waals surface area contributed by atoms with Crippen molar-refractivity contribution >= 4 is 18.6 Å². The molecule has 0 spiro atoms. The third-order valence-corrected chi connectivity index (χ3v) is 1.79. The van der Waals surface area contributed by atoms with Crippen molar-refractivity contribution in [1.29, 1.82) is 0 Å². The Bertz CT molecular complexity index is 170. The molecule has 0 saturated carbocycles. The Labute approximate surface area is 78.3 Å². The predicted octanol–water partition coefficient (Wildman–Crippen LogP) is 0.925. The van der Waals surface area contributed by atoms with Crippen LogP contribution >= 0.6 is 12.6 Å². The molecule has 0 aliphatic carbocycles. The van der Waals surface area contributed by atoms with E-state index in [2.05, 4.69) is 24.5 Å². The maximum absolute atomic E-state index is 10.5. The maximum Gasteiger partial charge on any atom is 0.321 e. The first-order valence-electron chi connectivity index (χ1n) is 3.79. The van der Waals surface area contributed by atoms with Crippen molar-refractivity contribution in [2.45, 2.75) is 19.4 Å². The van der Waals surface area contributed by atoms with Crippen LogP contribution in [-0.4, -0.2) is 29.4 Å². The molecule has 0 bridgehead atoms. The van der Waals surface area contributed by atoms with Crippen molar-refractivity contribution < 1.29 is 9.90 Å². The number of nitrogens with one attached hydrogen (secondary N) is 1. The van der Waals surface area contributed by atoms with Gasteiger partial charge in [-0.15, -0.1) is 6.58 Å². The van der Waals surface area contributed by atoms with E-state index in [0.717, 1.165) is 12.0 Å². The van der Waals surface area contributed by atoms with Crippen LogP contribution in [0.2, 0.25) is 0 Å². The first kappa shape index (κ1) is 11.5. The lowest BCUT2D eigenvalue weighted by molar-refractivity contribution is -0.138. The van der Waals surface area contributed by atoms with Gasteiger partial charge in [-0.3, -0.25) is 4.79 Å². The van der Waals surface area contributed by atoms with Gasteiger partial charge in [0.15, 0.2) is 0 Å². The lowest BCUT2D eigenvalue weighted by Gasteiger charge is -2.10. The molecule has 2 N–H and O–H groups in total. The molecule has 3 nitrogen and oxygen atoms in total. The van der Waals surface area contributed by atoms with Crippen molar-refractivity contribution in [1.82, 2.24) is 5.32 Å². The Morgan fingerprint density at radius 1 is 1.75 bits per heavy atom. The van der Waals surface area contributed by atoms with Crippen LogP contribution in [0, 0.1) is 0 Å². The molecule has 0 saturated heterocycles. The molecule has 0 aromatic heterocycles. The van der Waals surface area contributed by atoms with Crippen LogP contribution in [0.15, 0.2) is 12.2 Å². The molecule has 1 atom stereocenters. The Morgan fingerprint density at radius 2 is 2.33 bits per heavy atom. The quantitative estimate of drug-likeness (QED) is 0.430. The Balaban J connectivity index is 3.59. The van der Waals surface area contributed by atoms with Gasteiger partial charge in [0.2, 0.25) is 0 Å². The van der Waals surface area contributed by atoms with Crippen LogP contribution in [0.5, 0.6) is 0 Å². The van der Waals surface area contributed by atoms with Crippen LogP contribution in [-0.2, 0) is 4.79 Å². The molecule has 0 aliphatic rings. The van der Waals surface area contributed by atoms with Gasteiger partial charge >= 0.3 is 5.97 Å². The number of carbonyl (C=O) groups is 1. The number of rotatable bonds is 6. The second-order valence-corrected chi connectivity index (χ2v) is 3.10. The molecule has 0 heterocycles. The lowest BCUT2D eigenvalue weighted by atomic mass is 10.2. The molecule has 0 rings (SSSR count). The van der Waals surface area contributed by atoms with Gasteiger partial charge in [0.05, 0.1) is 0 Å². The fourth-order valence-electron chi connectivity index (χ4n) is 0.690. The molecule has 12 heavy (non-hydrogen) atoms. The Morgan fingerprint density at radius 3 is 2.67 bits per heavy atom. The first-order valence-corrected chi connectivity index (χ1v) is 4.42. The summed E-state index contributed by atoms with van der Waals surface area (Å²) in [6.07, 6.45) is 0.803. The number of carboxylic acids is 1. The molecule has 0 aromatic rings. The van der Waals surface area contributed by atoms with Crippen LogP contribution < -0.4 is 5.32 Å². The SMILES string of the molecule is C=C(C)CCNC(CS)C(=O)O. The van der Waals surface area contributed by atoms with Crippen LogP contribution in [0.25, 0.3) is 0 Å². The molecular formula is C8H15NO2S. The van der Waals surface area contributed by atoms with E-state index in [1.807, 2.05) is 6.92 Å². The largest absolute Gasteiger partial charge is 0.480 e. The summed E-state index contributed by atoms with van der Waals surface area (Å²) in [6.45, 7) is 6.28. The van der Waals surface area contributed by atoms with Crippen LogP contribution in [0.4, 0.5) is 0 Å². The minimum absolute atomic E-state index is 0.311. The van der Waals surface area contributed by atoms with Crippen molar-refractivity contribution in [2.24, 2.45) is 0 Å². The standard InChI is InChI=1S/C8H15NO2S/c1-6(2)3-4-9-7(5-12)8(10)11/h7,9,12H,1,3-5H2,2H3,(H,10,11). The van der Waals surface area contributed by atoms with E-state index in [4.69, 9.17) is 5.11 Å². The summed E-state index contributed by atoms with van der Waals surface area (Å²) in [5.74, 6) is -0.544. The lowest BCUT2D eigenvalue weighted by Crippen LogP contribution is -2.38. The van der Waals surface area contributed by atoms with Gasteiger partial charge in [0.1, 0.15) is 6.04 Å². The summed E-state index contributed by atoms with van der Waals surface area (Å²) < 4.78 is 0. The molecule has 0 radical (unpaired) electrons. The third kappa shape index (κ3) is 5.21. The maximum atomic E-state index is 10.5. The summed E-state index contributed by atoms with van der Waals surface area (Å²) in [5, 5.41) is 11.5. The van der Waals surface area contributed by atoms with Gasteiger partial charge in [0.25, 0.3) is 0 Å². The van der Waals surface area contributed by atoms with Gasteiger partial charge < -0.3 is 10.4 Å². The fraction of sp³-hybridized carbons (Fsp3) is 0.625. The highest BCUT2D eigenvalue weighted by Gasteiger charge is 2.13. The summed E-state index contributed by atoms with van der Waals surface area (Å²) in [5.41, 5.74) is 1.05. The number of aliphatic carboxylic acids is 1. The molecule has 0 aliphatic heterocycles. The fourth-order valence-corrected chi connectivity index (χ4v) is 0.975. The number of hydrogen-bond acceptors (Lipinski definition) is 3. The summed E-state index contributed by atoms with van der Waals surface area (Å²) in [7, 11) is 0. The molecule has 70 valence electrons. The smallest absolute Gasteiger partial charge is 0.321 e. The van der Waals surface area contributed by atoms with Crippen LogP contribution in [0.1, 0.15) is 13.3 Å². The third-order valence-electron chi connectivity index (χ3n) is 1.42. The molecule has 0 fully saturated rings. The second kappa shape index (κ2) is 6.08. The van der Waals surface area contributed by atoms with E-state index in [0.29, 0.717) is 12.3 Å². The Hall–Kier alpha value is -0.480. The van der Waals surface area contributed by atoms with E-state index in [-0.39, 0.29) is 0 Å². The van der Waals surface area contributed by atoms with E-state index in [1.54, 1.807) is 0 Å². The van der Waals surface area contributed by atoms with E-state index >= 15 is 0 Å². The van der Waals surface area contributed by atoms with Gasteiger partial charge in [-0.2, -0.15) is 12.6 Å². The topological polar surface area (TPSA) is 49.3 Å². The van der Waals surface area contributed by atoms with Crippen molar-refractivity contribution in [3.8, 4) is 0 Å². The molecular weight excluding hydrogens is 174 g/mol. The molecule has 1 unspecified atom stereocenters. The summed E-state index contributed by atoms with van der Waals surface area (Å²) in [6, 6.07) is -0.548. The van der Waals surface area contributed by atoms with Gasteiger partial charge in [0, 0.05) is 5.75 Å². The highest BCUT2D eigenvalue weighted by molar-refractivity contribution is 7.80. The molecule has 0 amide bonds. The molecule has 4 heteroatoms. The zero-order valence-electron chi connectivity index (χ0n) is 7.21. The predicted molar refractivity (Wildman–Crippen MR) is 52.7 cm³/mol. The zero-order chi connectivity index (χ0) is 9.56. The minimum Gasteiger partial charge on any atom is -0.480 e. The monoisotopic (exact) mass is 189 g/mol.